The maximum Gasteiger partial charge on any atom is 0.389 e. The fraction of sp³-hybridized carbons (Fsp3) is 0.417. The van der Waals surface area contributed by atoms with Crippen molar-refractivity contribution in [2.24, 2.45) is 0 Å². The number of carbonyl (C=O) groups is 1. The van der Waals surface area contributed by atoms with Crippen LogP contribution in [0.3, 0.4) is 0 Å². The highest BCUT2D eigenvalue weighted by Crippen LogP contribution is 2.32. The second-order valence-electron chi connectivity index (χ2n) is 3.73. The van der Waals surface area contributed by atoms with Crippen LogP contribution < -0.4 is 4.74 Å². The van der Waals surface area contributed by atoms with Crippen molar-refractivity contribution in [3.05, 3.63) is 27.7 Å². The summed E-state index contributed by atoms with van der Waals surface area (Å²) >= 11 is 11.7. The Balaban J connectivity index is 2.89. The molecule has 1 rings (SSSR count). The molecule has 0 radical (unpaired) electrons. The molecule has 106 valence electrons. The van der Waals surface area contributed by atoms with Gasteiger partial charge in [0.2, 0.25) is 0 Å². The number of hydrogen-bond donors (Lipinski definition) is 0. The third-order valence-corrected chi connectivity index (χ3v) is 2.87. The third-order valence-electron chi connectivity index (χ3n) is 2.26. The Bertz CT molecular complexity index is 473. The molecule has 0 atom stereocenters. The van der Waals surface area contributed by atoms with Crippen LogP contribution in [0.1, 0.15) is 30.1 Å². The van der Waals surface area contributed by atoms with Crippen molar-refractivity contribution in [1.82, 2.24) is 0 Å². The van der Waals surface area contributed by atoms with Gasteiger partial charge in [0.25, 0.3) is 0 Å². The number of ketones is 1. The fourth-order valence-electron chi connectivity index (χ4n) is 1.40. The van der Waals surface area contributed by atoms with E-state index in [1.807, 2.05) is 0 Å². The van der Waals surface area contributed by atoms with Crippen molar-refractivity contribution in [1.29, 1.82) is 0 Å². The van der Waals surface area contributed by atoms with Crippen molar-refractivity contribution >= 4 is 29.0 Å². The van der Waals surface area contributed by atoms with Gasteiger partial charge in [0.1, 0.15) is 5.75 Å². The molecule has 19 heavy (non-hydrogen) atoms. The first-order valence-electron chi connectivity index (χ1n) is 5.46. The van der Waals surface area contributed by atoms with E-state index < -0.39 is 24.8 Å². The van der Waals surface area contributed by atoms with Crippen molar-refractivity contribution in [3.63, 3.8) is 0 Å². The summed E-state index contributed by atoms with van der Waals surface area (Å²) < 4.78 is 41.3. The minimum absolute atomic E-state index is 0.0278. The van der Waals surface area contributed by atoms with Crippen molar-refractivity contribution in [2.75, 3.05) is 6.61 Å². The molecule has 0 unspecified atom stereocenters. The highest BCUT2D eigenvalue weighted by atomic mass is 35.5. The molecule has 0 saturated heterocycles. The number of hydrogen-bond acceptors (Lipinski definition) is 2. The Kier molecular flexibility index (Phi) is 5.50. The normalized spacial score (nSPS) is 11.5. The molecular weight excluding hydrogens is 304 g/mol. The lowest BCUT2D eigenvalue weighted by molar-refractivity contribution is -0.133. The van der Waals surface area contributed by atoms with Crippen LogP contribution in [0.2, 0.25) is 10.0 Å². The average molecular weight is 315 g/mol. The fourth-order valence-corrected chi connectivity index (χ4v) is 1.88. The molecule has 0 N–H and O–H groups in total. The summed E-state index contributed by atoms with van der Waals surface area (Å²) in [5, 5.41) is 0.168. The van der Waals surface area contributed by atoms with Crippen LogP contribution in [0.15, 0.2) is 12.1 Å². The Morgan fingerprint density at radius 2 is 1.89 bits per heavy atom. The van der Waals surface area contributed by atoms with E-state index in [0.717, 1.165) is 0 Å². The second-order valence-corrected chi connectivity index (χ2v) is 4.55. The summed E-state index contributed by atoms with van der Waals surface area (Å²) in [6.45, 7) is 2.10. The molecule has 0 fully saturated rings. The van der Waals surface area contributed by atoms with Crippen molar-refractivity contribution in [2.45, 2.75) is 25.9 Å². The number of alkyl halides is 3. The SMILES string of the molecule is CCOc1cc(Cl)c(C(=O)CCC(F)(F)F)cc1Cl. The summed E-state index contributed by atoms with van der Waals surface area (Å²) in [5.74, 6) is -0.409. The molecule has 0 spiro atoms. The molecule has 0 saturated carbocycles. The maximum absolute atomic E-state index is 12.0. The largest absolute Gasteiger partial charge is 0.492 e. The number of ether oxygens (including phenoxy) is 1. The van der Waals surface area contributed by atoms with Crippen molar-refractivity contribution < 1.29 is 22.7 Å². The number of Topliss-reactive ketones (excluding diaryl/α,β-unsaturated/α-hetero) is 1. The number of halogens is 5. The topological polar surface area (TPSA) is 26.3 Å². The summed E-state index contributed by atoms with van der Waals surface area (Å²) in [7, 11) is 0. The van der Waals surface area contributed by atoms with Gasteiger partial charge >= 0.3 is 6.18 Å². The maximum atomic E-state index is 12.0. The summed E-state index contributed by atoms with van der Waals surface area (Å²) in [6, 6.07) is 2.56. The van der Waals surface area contributed by atoms with Gasteiger partial charge in [0.05, 0.1) is 23.1 Å². The van der Waals surface area contributed by atoms with E-state index >= 15 is 0 Å². The molecule has 0 heterocycles. The van der Waals surface area contributed by atoms with Crippen LogP contribution in [-0.4, -0.2) is 18.6 Å². The lowest BCUT2D eigenvalue weighted by atomic mass is 10.1. The predicted molar refractivity (Wildman–Crippen MR) is 67.3 cm³/mol. The zero-order valence-electron chi connectivity index (χ0n) is 9.98. The number of carbonyl (C=O) groups excluding carboxylic acids is 1. The molecular formula is C12H11Cl2F3O2. The van der Waals surface area contributed by atoms with Crippen LogP contribution in [-0.2, 0) is 0 Å². The molecule has 0 aliphatic rings. The van der Waals surface area contributed by atoms with Gasteiger partial charge in [-0.3, -0.25) is 4.79 Å². The average Bonchev–Trinajstić information content (AvgIpc) is 2.30. The van der Waals surface area contributed by atoms with E-state index in [4.69, 9.17) is 27.9 Å². The number of benzene rings is 1. The lowest BCUT2D eigenvalue weighted by Crippen LogP contribution is -2.11. The van der Waals surface area contributed by atoms with Crippen LogP contribution in [0, 0.1) is 0 Å². The van der Waals surface area contributed by atoms with Gasteiger partial charge in [0, 0.05) is 18.1 Å². The van der Waals surface area contributed by atoms with E-state index in [0.29, 0.717) is 12.4 Å². The Hall–Kier alpha value is -0.940. The molecule has 2 nitrogen and oxygen atoms in total. The van der Waals surface area contributed by atoms with Crippen LogP contribution in [0.25, 0.3) is 0 Å². The highest BCUT2D eigenvalue weighted by Gasteiger charge is 2.28. The first kappa shape index (κ1) is 16.1. The van der Waals surface area contributed by atoms with Gasteiger partial charge in [-0.15, -0.1) is 0 Å². The first-order valence-corrected chi connectivity index (χ1v) is 6.22. The minimum atomic E-state index is -4.38. The monoisotopic (exact) mass is 314 g/mol. The van der Waals surface area contributed by atoms with E-state index in [9.17, 15) is 18.0 Å². The highest BCUT2D eigenvalue weighted by molar-refractivity contribution is 6.36. The molecule has 0 amide bonds. The minimum Gasteiger partial charge on any atom is -0.492 e. The van der Waals surface area contributed by atoms with Gasteiger partial charge < -0.3 is 4.74 Å². The summed E-state index contributed by atoms with van der Waals surface area (Å²) in [6.07, 6.45) is -6.22. The quantitative estimate of drug-likeness (QED) is 0.721. The smallest absolute Gasteiger partial charge is 0.389 e. The lowest BCUT2D eigenvalue weighted by Gasteiger charge is -2.10. The van der Waals surface area contributed by atoms with E-state index in [1.165, 1.54) is 12.1 Å². The van der Waals surface area contributed by atoms with E-state index in [-0.39, 0.29) is 15.6 Å². The Morgan fingerprint density at radius 1 is 1.26 bits per heavy atom. The van der Waals surface area contributed by atoms with Gasteiger partial charge in [-0.2, -0.15) is 13.2 Å². The Labute approximate surface area is 118 Å². The van der Waals surface area contributed by atoms with Gasteiger partial charge in [0.15, 0.2) is 5.78 Å². The van der Waals surface area contributed by atoms with Gasteiger partial charge in [-0.05, 0) is 13.0 Å². The zero-order chi connectivity index (χ0) is 14.6. The predicted octanol–water partition coefficient (Wildman–Crippen LogP) is 4.92. The third kappa shape index (κ3) is 4.91. The molecule has 1 aromatic rings. The van der Waals surface area contributed by atoms with Crippen molar-refractivity contribution in [3.8, 4) is 5.75 Å². The molecule has 0 aromatic heterocycles. The van der Waals surface area contributed by atoms with Crippen LogP contribution >= 0.6 is 23.2 Å². The first-order chi connectivity index (χ1) is 8.74. The molecule has 7 heteroatoms. The Morgan fingerprint density at radius 3 is 2.42 bits per heavy atom. The molecule has 0 aliphatic heterocycles. The molecule has 1 aromatic carbocycles. The van der Waals surface area contributed by atoms with Gasteiger partial charge in [-0.25, -0.2) is 0 Å². The van der Waals surface area contributed by atoms with Crippen LogP contribution in [0.5, 0.6) is 5.75 Å². The van der Waals surface area contributed by atoms with E-state index in [1.54, 1.807) is 6.92 Å². The number of rotatable bonds is 5. The second kappa shape index (κ2) is 6.48. The van der Waals surface area contributed by atoms with E-state index in [2.05, 4.69) is 0 Å². The summed E-state index contributed by atoms with van der Waals surface area (Å²) in [4.78, 5) is 11.6. The zero-order valence-corrected chi connectivity index (χ0v) is 11.5. The van der Waals surface area contributed by atoms with Gasteiger partial charge in [-0.1, -0.05) is 23.2 Å². The standard InChI is InChI=1S/C12H11Cl2F3O2/c1-2-19-11-6-8(13)7(5-9(11)14)10(18)3-4-12(15,16)17/h5-6H,2-4H2,1H3. The van der Waals surface area contributed by atoms with Crippen LogP contribution in [0.4, 0.5) is 13.2 Å². The molecule has 0 aliphatic carbocycles. The summed E-state index contributed by atoms with van der Waals surface area (Å²) in [5.41, 5.74) is -0.0284. The molecule has 0 bridgehead atoms.